The SMILES string of the molecule is CCC(C)Oc1ccc(C=NN)cc1OC. The monoisotopic (exact) mass is 222 g/mol. The molecule has 0 saturated carbocycles. The molecule has 0 bridgehead atoms. The molecule has 1 aromatic carbocycles. The van der Waals surface area contributed by atoms with Gasteiger partial charge in [0.25, 0.3) is 0 Å². The minimum Gasteiger partial charge on any atom is -0.493 e. The average Bonchev–Trinajstić information content (AvgIpc) is 2.31. The van der Waals surface area contributed by atoms with E-state index in [9.17, 15) is 0 Å². The lowest BCUT2D eigenvalue weighted by Gasteiger charge is -2.15. The number of nitrogens with two attached hydrogens (primary N) is 1. The standard InChI is InChI=1S/C12H18N2O2/c1-4-9(2)16-11-6-5-10(8-14-13)7-12(11)15-3/h5-9H,4,13H2,1-3H3. The molecular weight excluding hydrogens is 204 g/mol. The first-order valence-corrected chi connectivity index (χ1v) is 5.29. The first-order valence-electron chi connectivity index (χ1n) is 5.29. The molecule has 1 unspecified atom stereocenters. The van der Waals surface area contributed by atoms with Crippen molar-refractivity contribution in [3.63, 3.8) is 0 Å². The number of hydrogen-bond acceptors (Lipinski definition) is 4. The maximum Gasteiger partial charge on any atom is 0.161 e. The van der Waals surface area contributed by atoms with Gasteiger partial charge in [0.15, 0.2) is 11.5 Å². The van der Waals surface area contributed by atoms with Gasteiger partial charge in [-0.25, -0.2) is 0 Å². The van der Waals surface area contributed by atoms with Crippen molar-refractivity contribution in [1.82, 2.24) is 0 Å². The van der Waals surface area contributed by atoms with Crippen molar-refractivity contribution in [2.75, 3.05) is 7.11 Å². The van der Waals surface area contributed by atoms with E-state index in [1.807, 2.05) is 25.1 Å². The van der Waals surface area contributed by atoms with Crippen molar-refractivity contribution >= 4 is 6.21 Å². The first kappa shape index (κ1) is 12.4. The summed E-state index contributed by atoms with van der Waals surface area (Å²) < 4.78 is 11.0. The molecule has 1 rings (SSSR count). The fraction of sp³-hybridized carbons (Fsp3) is 0.417. The van der Waals surface area contributed by atoms with Gasteiger partial charge in [-0.1, -0.05) is 6.92 Å². The van der Waals surface area contributed by atoms with Crippen LogP contribution in [-0.4, -0.2) is 19.4 Å². The third-order valence-corrected chi connectivity index (χ3v) is 2.31. The van der Waals surface area contributed by atoms with Gasteiger partial charge in [-0.3, -0.25) is 0 Å². The summed E-state index contributed by atoms with van der Waals surface area (Å²) in [7, 11) is 1.61. The zero-order valence-electron chi connectivity index (χ0n) is 9.93. The summed E-state index contributed by atoms with van der Waals surface area (Å²) in [6.07, 6.45) is 2.69. The number of hydrogen-bond donors (Lipinski definition) is 1. The van der Waals surface area contributed by atoms with Crippen molar-refractivity contribution in [3.05, 3.63) is 23.8 Å². The summed E-state index contributed by atoms with van der Waals surface area (Å²) >= 11 is 0. The van der Waals surface area contributed by atoms with Crippen molar-refractivity contribution < 1.29 is 9.47 Å². The predicted molar refractivity (Wildman–Crippen MR) is 65.2 cm³/mol. The number of ether oxygens (including phenoxy) is 2. The highest BCUT2D eigenvalue weighted by molar-refractivity contribution is 5.80. The molecule has 0 amide bonds. The predicted octanol–water partition coefficient (Wildman–Crippen LogP) is 2.17. The summed E-state index contributed by atoms with van der Waals surface area (Å²) in [5.41, 5.74) is 0.885. The number of benzene rings is 1. The van der Waals surface area contributed by atoms with Crippen LogP contribution < -0.4 is 15.3 Å². The maximum absolute atomic E-state index is 5.72. The number of hydrazone groups is 1. The molecule has 0 fully saturated rings. The highest BCUT2D eigenvalue weighted by atomic mass is 16.5. The summed E-state index contributed by atoms with van der Waals surface area (Å²) in [5, 5.41) is 3.47. The average molecular weight is 222 g/mol. The summed E-state index contributed by atoms with van der Waals surface area (Å²) in [5.74, 6) is 6.52. The van der Waals surface area contributed by atoms with E-state index in [1.54, 1.807) is 13.3 Å². The van der Waals surface area contributed by atoms with Crippen LogP contribution in [0.25, 0.3) is 0 Å². The number of methoxy groups -OCH3 is 1. The van der Waals surface area contributed by atoms with E-state index in [0.717, 1.165) is 17.7 Å². The van der Waals surface area contributed by atoms with Gasteiger partial charge in [0, 0.05) is 0 Å². The van der Waals surface area contributed by atoms with Gasteiger partial charge < -0.3 is 15.3 Å². The molecule has 1 atom stereocenters. The Hall–Kier alpha value is -1.71. The molecule has 0 aliphatic rings. The zero-order valence-corrected chi connectivity index (χ0v) is 9.93. The Labute approximate surface area is 96.1 Å². The highest BCUT2D eigenvalue weighted by Gasteiger charge is 2.08. The Morgan fingerprint density at radius 1 is 1.44 bits per heavy atom. The van der Waals surface area contributed by atoms with Crippen LogP contribution in [0.15, 0.2) is 23.3 Å². The fourth-order valence-corrected chi connectivity index (χ4v) is 1.25. The van der Waals surface area contributed by atoms with Crippen molar-refractivity contribution in [2.24, 2.45) is 10.9 Å². The third-order valence-electron chi connectivity index (χ3n) is 2.31. The van der Waals surface area contributed by atoms with Gasteiger partial charge in [-0.05, 0) is 37.1 Å². The largest absolute Gasteiger partial charge is 0.493 e. The Bertz CT molecular complexity index is 364. The topological polar surface area (TPSA) is 56.8 Å². The molecule has 2 N–H and O–H groups in total. The van der Waals surface area contributed by atoms with E-state index in [-0.39, 0.29) is 6.10 Å². The lowest BCUT2D eigenvalue weighted by molar-refractivity contribution is 0.207. The molecule has 0 aliphatic carbocycles. The van der Waals surface area contributed by atoms with Crippen molar-refractivity contribution in [3.8, 4) is 11.5 Å². The van der Waals surface area contributed by atoms with Crippen LogP contribution in [0.4, 0.5) is 0 Å². The lowest BCUT2D eigenvalue weighted by Crippen LogP contribution is -2.10. The van der Waals surface area contributed by atoms with E-state index >= 15 is 0 Å². The normalized spacial score (nSPS) is 12.7. The van der Waals surface area contributed by atoms with E-state index in [2.05, 4.69) is 12.0 Å². The van der Waals surface area contributed by atoms with E-state index in [4.69, 9.17) is 15.3 Å². The van der Waals surface area contributed by atoms with Crippen molar-refractivity contribution in [1.29, 1.82) is 0 Å². The lowest BCUT2D eigenvalue weighted by atomic mass is 10.2. The van der Waals surface area contributed by atoms with E-state index in [1.165, 1.54) is 0 Å². The minimum absolute atomic E-state index is 0.169. The minimum atomic E-state index is 0.169. The van der Waals surface area contributed by atoms with Crippen LogP contribution in [0.1, 0.15) is 25.8 Å². The van der Waals surface area contributed by atoms with Crippen LogP contribution in [-0.2, 0) is 0 Å². The van der Waals surface area contributed by atoms with Crippen LogP contribution in [0.2, 0.25) is 0 Å². The molecule has 16 heavy (non-hydrogen) atoms. The molecule has 0 radical (unpaired) electrons. The van der Waals surface area contributed by atoms with Gasteiger partial charge in [0.05, 0.1) is 19.4 Å². The Balaban J connectivity index is 2.92. The molecule has 0 heterocycles. The second-order valence-electron chi connectivity index (χ2n) is 3.53. The quantitative estimate of drug-likeness (QED) is 0.472. The Morgan fingerprint density at radius 2 is 2.19 bits per heavy atom. The van der Waals surface area contributed by atoms with Gasteiger partial charge in [-0.15, -0.1) is 0 Å². The van der Waals surface area contributed by atoms with E-state index in [0.29, 0.717) is 5.75 Å². The summed E-state index contributed by atoms with van der Waals surface area (Å²) in [4.78, 5) is 0. The fourth-order valence-electron chi connectivity index (χ4n) is 1.25. The summed E-state index contributed by atoms with van der Waals surface area (Å²) in [6.45, 7) is 4.10. The van der Waals surface area contributed by atoms with Crippen LogP contribution in [0.5, 0.6) is 11.5 Å². The van der Waals surface area contributed by atoms with Crippen LogP contribution in [0.3, 0.4) is 0 Å². The van der Waals surface area contributed by atoms with Gasteiger partial charge in [-0.2, -0.15) is 5.10 Å². The molecule has 0 aromatic heterocycles. The number of rotatable bonds is 5. The molecule has 1 aromatic rings. The smallest absolute Gasteiger partial charge is 0.161 e. The second-order valence-corrected chi connectivity index (χ2v) is 3.53. The molecule has 88 valence electrons. The van der Waals surface area contributed by atoms with E-state index < -0.39 is 0 Å². The molecular formula is C12H18N2O2. The highest BCUT2D eigenvalue weighted by Crippen LogP contribution is 2.28. The molecule has 0 saturated heterocycles. The molecule has 4 heteroatoms. The molecule has 0 spiro atoms. The Morgan fingerprint density at radius 3 is 2.75 bits per heavy atom. The Kier molecular flexibility index (Phi) is 4.64. The third kappa shape index (κ3) is 3.15. The summed E-state index contributed by atoms with van der Waals surface area (Å²) in [6, 6.07) is 5.59. The maximum atomic E-state index is 5.72. The zero-order chi connectivity index (χ0) is 12.0. The van der Waals surface area contributed by atoms with Crippen LogP contribution in [0, 0.1) is 0 Å². The van der Waals surface area contributed by atoms with Gasteiger partial charge in [0.1, 0.15) is 0 Å². The van der Waals surface area contributed by atoms with Gasteiger partial charge in [0.2, 0.25) is 0 Å². The van der Waals surface area contributed by atoms with Crippen LogP contribution >= 0.6 is 0 Å². The first-order chi connectivity index (χ1) is 7.71. The van der Waals surface area contributed by atoms with Gasteiger partial charge >= 0.3 is 0 Å². The van der Waals surface area contributed by atoms with Crippen molar-refractivity contribution in [2.45, 2.75) is 26.4 Å². The number of nitrogens with zero attached hydrogens (tertiary/aromatic N) is 1. The second kappa shape index (κ2) is 6.00. The molecule has 4 nitrogen and oxygen atoms in total. The molecule has 0 aliphatic heterocycles.